The van der Waals surface area contributed by atoms with Crippen molar-refractivity contribution >= 4 is 0 Å². The minimum absolute atomic E-state index is 0.0129. The van der Waals surface area contributed by atoms with Crippen molar-refractivity contribution in [3.8, 4) is 0 Å². The van der Waals surface area contributed by atoms with Crippen molar-refractivity contribution in [3.05, 3.63) is 48.0 Å². The van der Waals surface area contributed by atoms with E-state index >= 15 is 0 Å². The fourth-order valence-corrected chi connectivity index (χ4v) is 3.11. The summed E-state index contributed by atoms with van der Waals surface area (Å²) in [5, 5.41) is 12.0. The molecule has 4 heteroatoms. The van der Waals surface area contributed by atoms with Crippen molar-refractivity contribution in [2.24, 2.45) is 0 Å². The number of nitrogens with zero attached hydrogens (tertiary/aromatic N) is 3. The third-order valence-electron chi connectivity index (χ3n) is 4.17. The Labute approximate surface area is 113 Å². The number of hydrogen-bond acceptors (Lipinski definition) is 3. The zero-order valence-corrected chi connectivity index (χ0v) is 11.3. The van der Waals surface area contributed by atoms with Gasteiger partial charge in [-0.15, -0.1) is 10.2 Å². The maximum absolute atomic E-state index is 4.44. The van der Waals surface area contributed by atoms with Crippen molar-refractivity contribution in [2.75, 3.05) is 13.1 Å². The van der Waals surface area contributed by atoms with Gasteiger partial charge in [0, 0.05) is 6.54 Å². The molecule has 0 aliphatic carbocycles. The summed E-state index contributed by atoms with van der Waals surface area (Å²) in [6.45, 7) is 5.13. The smallest absolute Gasteiger partial charge is 0.143 e. The highest BCUT2D eigenvalue weighted by Crippen LogP contribution is 2.38. The second kappa shape index (κ2) is 5.13. The van der Waals surface area contributed by atoms with Crippen LogP contribution < -0.4 is 5.32 Å². The van der Waals surface area contributed by atoms with Crippen LogP contribution in [-0.2, 0) is 12.0 Å². The Hall–Kier alpha value is -1.68. The fraction of sp³-hybridized carbons (Fsp3) is 0.467. The topological polar surface area (TPSA) is 42.7 Å². The summed E-state index contributed by atoms with van der Waals surface area (Å²) in [7, 11) is 0. The van der Waals surface area contributed by atoms with Crippen molar-refractivity contribution < 1.29 is 0 Å². The van der Waals surface area contributed by atoms with E-state index in [1.54, 1.807) is 0 Å². The average Bonchev–Trinajstić information content (AvgIpc) is 2.98. The first-order chi connectivity index (χ1) is 9.37. The highest BCUT2D eigenvalue weighted by atomic mass is 15.3. The van der Waals surface area contributed by atoms with E-state index in [1.807, 2.05) is 6.33 Å². The Kier molecular flexibility index (Phi) is 3.34. The fourth-order valence-electron chi connectivity index (χ4n) is 3.11. The quantitative estimate of drug-likeness (QED) is 0.913. The summed E-state index contributed by atoms with van der Waals surface area (Å²) in [5.74, 6) is 1.11. The Morgan fingerprint density at radius 3 is 2.63 bits per heavy atom. The number of hydrogen-bond donors (Lipinski definition) is 1. The number of piperidine rings is 1. The summed E-state index contributed by atoms with van der Waals surface area (Å²) in [6, 6.07) is 10.8. The Bertz CT molecular complexity index is 526. The predicted molar refractivity (Wildman–Crippen MR) is 75.0 cm³/mol. The van der Waals surface area contributed by atoms with Crippen LogP contribution in [0.1, 0.15) is 31.2 Å². The summed E-state index contributed by atoms with van der Waals surface area (Å²) >= 11 is 0. The van der Waals surface area contributed by atoms with Crippen LogP contribution in [0.2, 0.25) is 0 Å². The monoisotopic (exact) mass is 256 g/mol. The number of rotatable bonds is 3. The van der Waals surface area contributed by atoms with Crippen LogP contribution >= 0.6 is 0 Å². The number of aryl methyl sites for hydroxylation is 1. The lowest BCUT2D eigenvalue weighted by molar-refractivity contribution is 0.334. The first kappa shape index (κ1) is 12.4. The second-order valence-corrected chi connectivity index (χ2v) is 5.14. The minimum Gasteiger partial charge on any atom is -0.317 e. The van der Waals surface area contributed by atoms with E-state index in [-0.39, 0.29) is 5.41 Å². The first-order valence-corrected chi connectivity index (χ1v) is 7.01. The second-order valence-electron chi connectivity index (χ2n) is 5.14. The standard InChI is InChI=1S/C15H20N4/c1-2-19-12-17-18-14(19)15(8-10-16-11-9-15)13-6-4-3-5-7-13/h3-7,12,16H,2,8-11H2,1H3. The molecule has 0 unspecified atom stereocenters. The molecule has 100 valence electrons. The molecule has 0 amide bonds. The van der Waals surface area contributed by atoms with E-state index in [9.17, 15) is 0 Å². The molecule has 2 aromatic rings. The van der Waals surface area contributed by atoms with Gasteiger partial charge in [-0.25, -0.2) is 0 Å². The lowest BCUT2D eigenvalue weighted by atomic mass is 9.72. The molecule has 2 heterocycles. The van der Waals surface area contributed by atoms with Crippen LogP contribution in [0.25, 0.3) is 0 Å². The molecule has 0 atom stereocenters. The summed E-state index contributed by atoms with van der Waals surface area (Å²) < 4.78 is 2.18. The first-order valence-electron chi connectivity index (χ1n) is 7.01. The SMILES string of the molecule is CCn1cnnc1C1(c2ccccc2)CCNCC1. The summed E-state index contributed by atoms with van der Waals surface area (Å²) in [6.07, 6.45) is 4.01. The molecule has 0 saturated carbocycles. The van der Waals surface area contributed by atoms with E-state index in [0.717, 1.165) is 38.3 Å². The molecule has 4 nitrogen and oxygen atoms in total. The molecule has 1 fully saturated rings. The molecule has 1 saturated heterocycles. The Morgan fingerprint density at radius 2 is 1.95 bits per heavy atom. The van der Waals surface area contributed by atoms with E-state index in [1.165, 1.54) is 5.56 Å². The zero-order chi connectivity index (χ0) is 13.1. The molecule has 1 aliphatic heterocycles. The van der Waals surface area contributed by atoms with Crippen molar-refractivity contribution in [2.45, 2.75) is 31.7 Å². The highest BCUT2D eigenvalue weighted by Gasteiger charge is 2.39. The number of aromatic nitrogens is 3. The molecule has 1 aliphatic rings. The maximum atomic E-state index is 4.44. The summed E-state index contributed by atoms with van der Waals surface area (Å²) in [5.41, 5.74) is 1.37. The number of nitrogens with one attached hydrogen (secondary N) is 1. The van der Waals surface area contributed by atoms with Crippen LogP contribution in [0.3, 0.4) is 0 Å². The molecule has 1 aromatic heterocycles. The predicted octanol–water partition coefficient (Wildman–Crippen LogP) is 1.97. The van der Waals surface area contributed by atoms with Crippen molar-refractivity contribution in [1.82, 2.24) is 20.1 Å². The third-order valence-corrected chi connectivity index (χ3v) is 4.17. The lowest BCUT2D eigenvalue weighted by Crippen LogP contribution is -2.42. The van der Waals surface area contributed by atoms with Gasteiger partial charge >= 0.3 is 0 Å². The van der Waals surface area contributed by atoms with Gasteiger partial charge in [-0.3, -0.25) is 0 Å². The van der Waals surface area contributed by atoms with E-state index in [0.29, 0.717) is 0 Å². The molecule has 0 radical (unpaired) electrons. The van der Waals surface area contributed by atoms with Gasteiger partial charge in [0.25, 0.3) is 0 Å². The van der Waals surface area contributed by atoms with Crippen LogP contribution in [0.5, 0.6) is 0 Å². The molecule has 0 spiro atoms. The van der Waals surface area contributed by atoms with Gasteiger partial charge in [-0.2, -0.15) is 0 Å². The summed E-state index contributed by atoms with van der Waals surface area (Å²) in [4.78, 5) is 0. The molecule has 1 aromatic carbocycles. The molecule has 0 bridgehead atoms. The van der Waals surface area contributed by atoms with Gasteiger partial charge < -0.3 is 9.88 Å². The van der Waals surface area contributed by atoms with Gasteiger partial charge in [0.05, 0.1) is 5.41 Å². The minimum atomic E-state index is 0.0129. The third kappa shape index (κ3) is 2.06. The van der Waals surface area contributed by atoms with Crippen molar-refractivity contribution in [3.63, 3.8) is 0 Å². The van der Waals surface area contributed by atoms with Gasteiger partial charge in [0.2, 0.25) is 0 Å². The van der Waals surface area contributed by atoms with Crippen molar-refractivity contribution in [1.29, 1.82) is 0 Å². The molecular weight excluding hydrogens is 236 g/mol. The highest BCUT2D eigenvalue weighted by molar-refractivity contribution is 5.34. The van der Waals surface area contributed by atoms with Crippen LogP contribution in [0.4, 0.5) is 0 Å². The molecule has 1 N–H and O–H groups in total. The lowest BCUT2D eigenvalue weighted by Gasteiger charge is -2.37. The van der Waals surface area contributed by atoms with E-state index < -0.39 is 0 Å². The van der Waals surface area contributed by atoms with Crippen LogP contribution in [0, 0.1) is 0 Å². The van der Waals surface area contributed by atoms with Gasteiger partial charge in [-0.1, -0.05) is 30.3 Å². The Balaban J connectivity index is 2.12. The van der Waals surface area contributed by atoms with Crippen LogP contribution in [0.15, 0.2) is 36.7 Å². The zero-order valence-electron chi connectivity index (χ0n) is 11.3. The van der Waals surface area contributed by atoms with Gasteiger partial charge in [0.15, 0.2) is 0 Å². The van der Waals surface area contributed by atoms with E-state index in [4.69, 9.17) is 0 Å². The molecule has 19 heavy (non-hydrogen) atoms. The average molecular weight is 256 g/mol. The molecular formula is C15H20N4. The van der Waals surface area contributed by atoms with Crippen LogP contribution in [-0.4, -0.2) is 27.9 Å². The van der Waals surface area contributed by atoms with Gasteiger partial charge in [0.1, 0.15) is 12.2 Å². The largest absolute Gasteiger partial charge is 0.317 e. The number of benzene rings is 1. The van der Waals surface area contributed by atoms with E-state index in [2.05, 4.69) is 57.3 Å². The normalized spacial score (nSPS) is 18.4. The van der Waals surface area contributed by atoms with Gasteiger partial charge in [-0.05, 0) is 38.4 Å². The Morgan fingerprint density at radius 1 is 1.21 bits per heavy atom. The maximum Gasteiger partial charge on any atom is 0.143 e. The molecule has 3 rings (SSSR count).